The Morgan fingerprint density at radius 2 is 1.87 bits per heavy atom. The Morgan fingerprint density at radius 1 is 1.16 bits per heavy atom. The highest BCUT2D eigenvalue weighted by molar-refractivity contribution is 7.89. The fourth-order valence-corrected chi connectivity index (χ4v) is 5.78. The van der Waals surface area contributed by atoms with Gasteiger partial charge in [0.2, 0.25) is 10.0 Å². The first kappa shape index (κ1) is 21.9. The van der Waals surface area contributed by atoms with Crippen molar-refractivity contribution in [1.82, 2.24) is 33.8 Å². The van der Waals surface area contributed by atoms with Crippen LogP contribution < -0.4 is 0 Å². The molecule has 0 unspecified atom stereocenters. The van der Waals surface area contributed by atoms with Crippen LogP contribution in [-0.4, -0.2) is 73.0 Å². The van der Waals surface area contributed by atoms with Gasteiger partial charge in [-0.1, -0.05) is 0 Å². The predicted molar refractivity (Wildman–Crippen MR) is 115 cm³/mol. The van der Waals surface area contributed by atoms with Crippen molar-refractivity contribution in [3.05, 3.63) is 29.1 Å². The Labute approximate surface area is 183 Å². The lowest BCUT2D eigenvalue weighted by atomic mass is 9.97. The number of nitrogens with zero attached hydrogens (tertiary/aromatic N) is 7. The molecule has 4 rings (SSSR count). The number of carbonyl (C=O) groups is 1. The summed E-state index contributed by atoms with van der Waals surface area (Å²) in [6, 6.07) is 0. The first-order chi connectivity index (χ1) is 14.7. The van der Waals surface area contributed by atoms with Crippen LogP contribution in [0.15, 0.2) is 6.20 Å². The van der Waals surface area contributed by atoms with Gasteiger partial charge in [-0.25, -0.2) is 12.7 Å². The summed E-state index contributed by atoms with van der Waals surface area (Å²) in [6.45, 7) is 10.8. The molecule has 11 heteroatoms. The fraction of sp³-hybridized carbons (Fsp3) is 0.700. The zero-order valence-corrected chi connectivity index (χ0v) is 19.5. The molecule has 1 saturated heterocycles. The van der Waals surface area contributed by atoms with Crippen molar-refractivity contribution in [2.45, 2.75) is 71.3 Å². The number of hydrogen-bond acceptors (Lipinski definition) is 6. The van der Waals surface area contributed by atoms with Crippen LogP contribution in [0.2, 0.25) is 0 Å². The molecule has 2 aliphatic heterocycles. The van der Waals surface area contributed by atoms with Gasteiger partial charge in [0, 0.05) is 44.3 Å². The summed E-state index contributed by atoms with van der Waals surface area (Å²) in [7, 11) is -3.22. The highest BCUT2D eigenvalue weighted by Crippen LogP contribution is 2.30. The number of fused-ring (bicyclic) bond motifs is 1. The monoisotopic (exact) mass is 449 g/mol. The number of amides is 1. The van der Waals surface area contributed by atoms with E-state index in [0.29, 0.717) is 38.3 Å². The molecule has 0 aliphatic carbocycles. The minimum Gasteiger partial charge on any atom is -0.329 e. The van der Waals surface area contributed by atoms with Crippen molar-refractivity contribution in [3.63, 3.8) is 0 Å². The van der Waals surface area contributed by atoms with E-state index in [1.54, 1.807) is 29.2 Å². The Balaban J connectivity index is 1.44. The molecular formula is C20H31N7O3S. The lowest BCUT2D eigenvalue weighted by molar-refractivity contribution is 0.0705. The van der Waals surface area contributed by atoms with Gasteiger partial charge in [-0.15, -0.1) is 10.2 Å². The van der Waals surface area contributed by atoms with Gasteiger partial charge in [0.05, 0.1) is 23.6 Å². The maximum absolute atomic E-state index is 13.0. The highest BCUT2D eigenvalue weighted by Gasteiger charge is 2.34. The molecule has 31 heavy (non-hydrogen) atoms. The van der Waals surface area contributed by atoms with E-state index in [9.17, 15) is 13.2 Å². The molecular weight excluding hydrogens is 418 g/mol. The third kappa shape index (κ3) is 3.89. The smallest absolute Gasteiger partial charge is 0.257 e. The molecule has 10 nitrogen and oxygen atoms in total. The third-order valence-corrected chi connectivity index (χ3v) is 8.75. The van der Waals surface area contributed by atoms with Gasteiger partial charge in [-0.05, 0) is 40.5 Å². The second kappa shape index (κ2) is 8.34. The minimum absolute atomic E-state index is 0.0276. The van der Waals surface area contributed by atoms with E-state index in [-0.39, 0.29) is 11.8 Å². The molecule has 2 aromatic heterocycles. The molecule has 2 aromatic rings. The Bertz CT molecular complexity index is 1060. The normalized spacial score (nSPS) is 18.5. The molecule has 1 fully saturated rings. The summed E-state index contributed by atoms with van der Waals surface area (Å²) < 4.78 is 30.4. The van der Waals surface area contributed by atoms with Crippen molar-refractivity contribution in [2.24, 2.45) is 0 Å². The summed E-state index contributed by atoms with van der Waals surface area (Å²) in [4.78, 5) is 14.8. The van der Waals surface area contributed by atoms with Crippen LogP contribution in [0.4, 0.5) is 0 Å². The Kier molecular flexibility index (Phi) is 5.91. The summed E-state index contributed by atoms with van der Waals surface area (Å²) >= 11 is 0. The van der Waals surface area contributed by atoms with Crippen molar-refractivity contribution in [2.75, 3.05) is 19.6 Å². The van der Waals surface area contributed by atoms with E-state index in [1.165, 1.54) is 0 Å². The predicted octanol–water partition coefficient (Wildman–Crippen LogP) is 1.38. The number of hydrogen-bond donors (Lipinski definition) is 0. The molecule has 2 aliphatic rings. The second-order valence-electron chi connectivity index (χ2n) is 8.58. The second-order valence-corrected chi connectivity index (χ2v) is 11.1. The van der Waals surface area contributed by atoms with Crippen molar-refractivity contribution in [3.8, 4) is 0 Å². The molecule has 0 saturated carbocycles. The molecule has 0 atom stereocenters. The van der Waals surface area contributed by atoms with Crippen LogP contribution in [0, 0.1) is 6.92 Å². The molecule has 0 aromatic carbocycles. The topological polar surface area (TPSA) is 106 Å². The van der Waals surface area contributed by atoms with Gasteiger partial charge in [0.15, 0.2) is 5.82 Å². The van der Waals surface area contributed by atoms with Gasteiger partial charge >= 0.3 is 0 Å². The zero-order valence-electron chi connectivity index (χ0n) is 18.7. The van der Waals surface area contributed by atoms with E-state index in [4.69, 9.17) is 0 Å². The SMILES string of the molecule is CCn1ncc(C(=O)N2CCn3c(nnc3C3CCN(S(=O)(=O)C(C)C)CC3)C2)c1C. The summed E-state index contributed by atoms with van der Waals surface area (Å²) in [5.74, 6) is 1.86. The van der Waals surface area contributed by atoms with Crippen molar-refractivity contribution >= 4 is 15.9 Å². The lowest BCUT2D eigenvalue weighted by Crippen LogP contribution is -2.42. The maximum atomic E-state index is 13.0. The number of rotatable bonds is 5. The number of carbonyl (C=O) groups excluding carboxylic acids is 1. The quantitative estimate of drug-likeness (QED) is 0.683. The molecule has 0 radical (unpaired) electrons. The lowest BCUT2D eigenvalue weighted by Gasteiger charge is -2.33. The van der Waals surface area contributed by atoms with E-state index >= 15 is 0 Å². The molecule has 1 amide bonds. The highest BCUT2D eigenvalue weighted by atomic mass is 32.2. The summed E-state index contributed by atoms with van der Waals surface area (Å²) in [5, 5.41) is 12.7. The van der Waals surface area contributed by atoms with E-state index in [2.05, 4.69) is 19.9 Å². The van der Waals surface area contributed by atoms with Gasteiger partial charge in [-0.3, -0.25) is 9.48 Å². The summed E-state index contributed by atoms with van der Waals surface area (Å²) in [6.07, 6.45) is 3.12. The molecule has 170 valence electrons. The number of sulfonamides is 1. The molecule has 0 N–H and O–H groups in total. The Hall–Kier alpha value is -2.27. The van der Waals surface area contributed by atoms with Gasteiger partial charge < -0.3 is 9.47 Å². The largest absolute Gasteiger partial charge is 0.329 e. The average Bonchev–Trinajstić information content (AvgIpc) is 3.35. The van der Waals surface area contributed by atoms with E-state index < -0.39 is 15.3 Å². The van der Waals surface area contributed by atoms with Crippen LogP contribution in [0.1, 0.15) is 67.2 Å². The van der Waals surface area contributed by atoms with Gasteiger partial charge in [0.1, 0.15) is 5.82 Å². The number of aryl methyl sites for hydroxylation is 1. The van der Waals surface area contributed by atoms with Gasteiger partial charge in [0.25, 0.3) is 5.91 Å². The molecule has 0 bridgehead atoms. The molecule has 0 spiro atoms. The first-order valence-corrected chi connectivity index (χ1v) is 12.5. The Morgan fingerprint density at radius 3 is 2.48 bits per heavy atom. The van der Waals surface area contributed by atoms with E-state index in [0.717, 1.165) is 36.7 Å². The van der Waals surface area contributed by atoms with Crippen LogP contribution in [0.25, 0.3) is 0 Å². The summed E-state index contributed by atoms with van der Waals surface area (Å²) in [5.41, 5.74) is 1.51. The van der Waals surface area contributed by atoms with Crippen LogP contribution >= 0.6 is 0 Å². The first-order valence-electron chi connectivity index (χ1n) is 11.0. The van der Waals surface area contributed by atoms with Crippen LogP contribution in [0.5, 0.6) is 0 Å². The fourth-order valence-electron chi connectivity index (χ4n) is 4.47. The van der Waals surface area contributed by atoms with E-state index in [1.807, 2.05) is 18.5 Å². The minimum atomic E-state index is -3.22. The van der Waals surface area contributed by atoms with Crippen molar-refractivity contribution in [1.29, 1.82) is 0 Å². The average molecular weight is 450 g/mol. The van der Waals surface area contributed by atoms with Gasteiger partial charge in [-0.2, -0.15) is 5.10 Å². The zero-order chi connectivity index (χ0) is 22.3. The van der Waals surface area contributed by atoms with Crippen LogP contribution in [0.3, 0.4) is 0 Å². The maximum Gasteiger partial charge on any atom is 0.257 e. The van der Waals surface area contributed by atoms with Crippen molar-refractivity contribution < 1.29 is 13.2 Å². The molecule has 4 heterocycles. The van der Waals surface area contributed by atoms with Crippen LogP contribution in [-0.2, 0) is 29.7 Å². The third-order valence-electron chi connectivity index (χ3n) is 6.48. The number of aromatic nitrogens is 5. The standard InChI is InChI=1S/C20H31N7O3S/c1-5-27-15(4)17(12-21-27)20(28)24-10-11-26-18(13-24)22-23-19(26)16-6-8-25(9-7-16)31(29,30)14(2)3/h12,14,16H,5-11,13H2,1-4H3. The number of piperidine rings is 1.